The lowest BCUT2D eigenvalue weighted by Gasteiger charge is -2.29. The van der Waals surface area contributed by atoms with Crippen molar-refractivity contribution in [2.75, 3.05) is 20.1 Å². The summed E-state index contributed by atoms with van der Waals surface area (Å²) in [5.74, 6) is 1.41. The zero-order valence-electron chi connectivity index (χ0n) is 17.4. The van der Waals surface area contributed by atoms with Gasteiger partial charge in [0.1, 0.15) is 17.4 Å². The molecule has 0 N–H and O–H groups in total. The van der Waals surface area contributed by atoms with Crippen LogP contribution in [0, 0.1) is 6.92 Å². The van der Waals surface area contributed by atoms with Crippen molar-refractivity contribution < 1.29 is 4.74 Å². The number of rotatable bonds is 5. The zero-order valence-corrected chi connectivity index (χ0v) is 18.3. The molecule has 0 aromatic carbocycles. The van der Waals surface area contributed by atoms with Gasteiger partial charge >= 0.3 is 0 Å². The molecule has 1 aliphatic heterocycles. The number of nitrogens with zero attached hydrogens (tertiary/aromatic N) is 7. The minimum Gasteiger partial charge on any atom is -0.473 e. The molecule has 0 atom stereocenters. The van der Waals surface area contributed by atoms with Crippen LogP contribution >= 0.6 is 11.5 Å². The van der Waals surface area contributed by atoms with Crippen molar-refractivity contribution in [3.05, 3.63) is 47.1 Å². The third kappa shape index (κ3) is 3.82. The van der Waals surface area contributed by atoms with Gasteiger partial charge in [-0.25, -0.2) is 4.98 Å². The highest BCUT2D eigenvalue weighted by Gasteiger charge is 2.22. The predicted molar refractivity (Wildman–Crippen MR) is 116 cm³/mol. The van der Waals surface area contributed by atoms with E-state index in [-0.39, 0.29) is 6.10 Å². The van der Waals surface area contributed by atoms with Crippen LogP contribution in [0.25, 0.3) is 16.7 Å². The number of likely N-dealkylation sites (tertiary alicyclic amines) is 1. The molecule has 0 amide bonds. The average molecular weight is 424 g/mol. The molecule has 156 valence electrons. The molecule has 5 heterocycles. The zero-order chi connectivity index (χ0) is 20.7. The number of aryl methyl sites for hydroxylation is 2. The van der Waals surface area contributed by atoms with E-state index in [0.717, 1.165) is 59.0 Å². The smallest absolute Gasteiger partial charge is 0.242 e. The highest BCUT2D eigenvalue weighted by atomic mass is 32.1. The number of piperidine rings is 1. The molecule has 0 spiro atoms. The molecule has 1 saturated heterocycles. The van der Waals surface area contributed by atoms with Gasteiger partial charge in [-0.1, -0.05) is 0 Å². The fourth-order valence-electron chi connectivity index (χ4n) is 3.88. The standard InChI is InChI=1S/C21H25N7OS/c1-14-10-17(30-25-14)11-19-23-18-6-9-28(15-12-22-27(3)13-15)20(18)21(24-19)29-16-4-7-26(2)8-5-16/h6,9-10,12-13,16H,4-5,7-8,11H2,1-3H3. The SMILES string of the molecule is Cc1cc(Cc2nc(OC3CCN(C)CC3)c3c(ccn3-c3cnn(C)c3)n2)sn1. The Kier molecular flexibility index (Phi) is 5.00. The summed E-state index contributed by atoms with van der Waals surface area (Å²) in [5, 5.41) is 4.31. The van der Waals surface area contributed by atoms with Crippen LogP contribution in [0.15, 0.2) is 30.7 Å². The lowest BCUT2D eigenvalue weighted by molar-refractivity contribution is 0.111. The number of hydrogen-bond acceptors (Lipinski definition) is 7. The fraction of sp³-hybridized carbons (Fsp3) is 0.429. The van der Waals surface area contributed by atoms with Crippen LogP contribution in [0.3, 0.4) is 0 Å². The molecule has 4 aromatic heterocycles. The van der Waals surface area contributed by atoms with E-state index in [1.807, 2.05) is 38.6 Å². The molecule has 30 heavy (non-hydrogen) atoms. The summed E-state index contributed by atoms with van der Waals surface area (Å²) in [4.78, 5) is 13.2. The quantitative estimate of drug-likeness (QED) is 0.491. The van der Waals surface area contributed by atoms with Crippen LogP contribution in [-0.2, 0) is 13.5 Å². The molecule has 5 rings (SSSR count). The molecule has 0 aliphatic carbocycles. The molecule has 0 unspecified atom stereocenters. The van der Waals surface area contributed by atoms with Gasteiger partial charge in [-0.3, -0.25) is 4.68 Å². The van der Waals surface area contributed by atoms with Crippen LogP contribution in [0.5, 0.6) is 5.88 Å². The van der Waals surface area contributed by atoms with E-state index in [4.69, 9.17) is 14.7 Å². The van der Waals surface area contributed by atoms with Gasteiger partial charge in [-0.15, -0.1) is 0 Å². The number of fused-ring (bicyclic) bond motifs is 1. The first-order valence-electron chi connectivity index (χ1n) is 10.2. The van der Waals surface area contributed by atoms with Gasteiger partial charge in [0, 0.05) is 43.8 Å². The molecule has 0 radical (unpaired) electrons. The van der Waals surface area contributed by atoms with Crippen LogP contribution in [-0.4, -0.2) is 59.8 Å². The highest BCUT2D eigenvalue weighted by Crippen LogP contribution is 2.29. The third-order valence-electron chi connectivity index (χ3n) is 5.47. The minimum absolute atomic E-state index is 0.162. The van der Waals surface area contributed by atoms with Gasteiger partial charge in [0.2, 0.25) is 5.88 Å². The first-order chi connectivity index (χ1) is 14.5. The molecular formula is C21H25N7OS. The summed E-state index contributed by atoms with van der Waals surface area (Å²) >= 11 is 1.50. The Bertz CT molecular complexity index is 1170. The molecule has 8 nitrogen and oxygen atoms in total. The molecule has 9 heteroatoms. The van der Waals surface area contributed by atoms with Crippen molar-refractivity contribution in [2.24, 2.45) is 7.05 Å². The van der Waals surface area contributed by atoms with Crippen LogP contribution in [0.1, 0.15) is 29.2 Å². The Morgan fingerprint density at radius 3 is 2.73 bits per heavy atom. The lowest BCUT2D eigenvalue weighted by Crippen LogP contribution is -2.35. The second kappa shape index (κ2) is 7.81. The summed E-state index contributed by atoms with van der Waals surface area (Å²) in [6.45, 7) is 4.08. The molecule has 4 aromatic rings. The van der Waals surface area contributed by atoms with Gasteiger partial charge < -0.3 is 14.2 Å². The first-order valence-corrected chi connectivity index (χ1v) is 11.0. The van der Waals surface area contributed by atoms with Crippen molar-refractivity contribution in [1.29, 1.82) is 0 Å². The Labute approximate surface area is 179 Å². The maximum absolute atomic E-state index is 6.49. The van der Waals surface area contributed by atoms with Crippen molar-refractivity contribution in [1.82, 2.24) is 33.6 Å². The van der Waals surface area contributed by atoms with E-state index in [1.54, 1.807) is 4.68 Å². The first kappa shape index (κ1) is 19.2. The van der Waals surface area contributed by atoms with Crippen LogP contribution in [0.4, 0.5) is 0 Å². The molecular weight excluding hydrogens is 398 g/mol. The van der Waals surface area contributed by atoms with E-state index in [2.05, 4.69) is 32.1 Å². The van der Waals surface area contributed by atoms with Gasteiger partial charge in [-0.2, -0.15) is 14.5 Å². The van der Waals surface area contributed by atoms with Crippen molar-refractivity contribution in [3.63, 3.8) is 0 Å². The van der Waals surface area contributed by atoms with Crippen LogP contribution in [0.2, 0.25) is 0 Å². The van der Waals surface area contributed by atoms with Gasteiger partial charge in [-0.05, 0) is 50.5 Å². The normalized spacial score (nSPS) is 15.8. The van der Waals surface area contributed by atoms with Crippen LogP contribution < -0.4 is 4.74 Å². The number of aromatic nitrogens is 6. The summed E-state index contributed by atoms with van der Waals surface area (Å²) in [7, 11) is 4.07. The van der Waals surface area contributed by atoms with Crippen molar-refractivity contribution in [2.45, 2.75) is 32.3 Å². The molecule has 0 saturated carbocycles. The van der Waals surface area contributed by atoms with E-state index < -0.39 is 0 Å². The minimum atomic E-state index is 0.162. The van der Waals surface area contributed by atoms with Gasteiger partial charge in [0.05, 0.1) is 23.1 Å². The van der Waals surface area contributed by atoms with E-state index >= 15 is 0 Å². The molecule has 0 bridgehead atoms. The van der Waals surface area contributed by atoms with Gasteiger partial charge in [0.25, 0.3) is 0 Å². The second-order valence-electron chi connectivity index (χ2n) is 7.97. The monoisotopic (exact) mass is 423 g/mol. The third-order valence-corrected chi connectivity index (χ3v) is 6.35. The largest absolute Gasteiger partial charge is 0.473 e. The Hall–Kier alpha value is -2.78. The Morgan fingerprint density at radius 1 is 1.20 bits per heavy atom. The summed E-state index contributed by atoms with van der Waals surface area (Å²) in [6.07, 6.45) is 8.65. The van der Waals surface area contributed by atoms with Crippen molar-refractivity contribution >= 4 is 22.6 Å². The van der Waals surface area contributed by atoms with Gasteiger partial charge in [0.15, 0.2) is 0 Å². The number of ether oxygens (including phenoxy) is 1. The maximum Gasteiger partial charge on any atom is 0.242 e. The lowest BCUT2D eigenvalue weighted by atomic mass is 10.1. The number of hydrogen-bond donors (Lipinski definition) is 0. The second-order valence-corrected chi connectivity index (χ2v) is 8.86. The van der Waals surface area contributed by atoms with E-state index in [0.29, 0.717) is 12.3 Å². The summed E-state index contributed by atoms with van der Waals surface area (Å²) in [6, 6.07) is 4.11. The molecule has 1 aliphatic rings. The van der Waals surface area contributed by atoms with E-state index in [1.165, 1.54) is 11.5 Å². The Balaban J connectivity index is 1.55. The van der Waals surface area contributed by atoms with E-state index in [9.17, 15) is 0 Å². The maximum atomic E-state index is 6.49. The van der Waals surface area contributed by atoms with Crippen molar-refractivity contribution in [3.8, 4) is 11.6 Å². The summed E-state index contributed by atoms with van der Waals surface area (Å²) < 4.78 is 14.7. The predicted octanol–water partition coefficient (Wildman–Crippen LogP) is 2.98. The summed E-state index contributed by atoms with van der Waals surface area (Å²) in [5.41, 5.74) is 3.77. The fourth-order valence-corrected chi connectivity index (χ4v) is 4.62. The highest BCUT2D eigenvalue weighted by molar-refractivity contribution is 7.05. The Morgan fingerprint density at radius 2 is 2.03 bits per heavy atom. The molecule has 1 fully saturated rings. The topological polar surface area (TPSA) is 73.9 Å². The average Bonchev–Trinajstić information content (AvgIpc) is 3.44.